The Labute approximate surface area is 255 Å². The quantitative estimate of drug-likeness (QED) is 0.171. The Morgan fingerprint density at radius 3 is 2.43 bits per heavy atom. The summed E-state index contributed by atoms with van der Waals surface area (Å²) in [5, 5.41) is 14.2. The Bertz CT molecular complexity index is 1620. The number of aromatic nitrogens is 3. The second-order valence-electron chi connectivity index (χ2n) is 11.2. The normalized spacial score (nSPS) is 12.8. The van der Waals surface area contributed by atoms with Gasteiger partial charge in [-0.3, -0.25) is 9.48 Å². The van der Waals surface area contributed by atoms with Gasteiger partial charge < -0.3 is 35.9 Å². The molecule has 44 heavy (non-hydrogen) atoms. The number of alkyl carbamates (subject to hydrolysis) is 1. The number of pyridine rings is 1. The maximum atomic E-state index is 15.5. The monoisotopic (exact) mass is 607 g/mol. The molecule has 0 radical (unpaired) electrons. The number of carbonyl (C=O) groups excluding carboxylic acids is 2. The molecule has 2 aromatic heterocycles. The van der Waals surface area contributed by atoms with E-state index in [1.54, 1.807) is 78.4 Å². The van der Waals surface area contributed by atoms with Gasteiger partial charge in [-0.1, -0.05) is 12.1 Å². The Balaban J connectivity index is 1.67. The van der Waals surface area contributed by atoms with Crippen molar-refractivity contribution in [3.63, 3.8) is 0 Å². The molecule has 0 saturated heterocycles. The minimum absolute atomic E-state index is 0.0498. The number of anilines is 3. The van der Waals surface area contributed by atoms with Crippen LogP contribution in [0.3, 0.4) is 0 Å². The number of hydrogen-bond donors (Lipinski definition) is 4. The van der Waals surface area contributed by atoms with E-state index in [1.807, 2.05) is 16.8 Å². The highest BCUT2D eigenvalue weighted by Gasteiger charge is 2.26. The number of amides is 2. The van der Waals surface area contributed by atoms with E-state index in [0.29, 0.717) is 30.2 Å². The summed E-state index contributed by atoms with van der Waals surface area (Å²) in [6, 6.07) is 12.4. The van der Waals surface area contributed by atoms with Gasteiger partial charge in [-0.15, -0.1) is 0 Å². The zero-order valence-corrected chi connectivity index (χ0v) is 25.6. The van der Waals surface area contributed by atoms with Gasteiger partial charge in [0.1, 0.15) is 17.2 Å². The van der Waals surface area contributed by atoms with Crippen molar-refractivity contribution in [2.75, 3.05) is 31.5 Å². The first-order valence-electron chi connectivity index (χ1n) is 14.0. The summed E-state index contributed by atoms with van der Waals surface area (Å²) in [4.78, 5) is 29.3. The number of ether oxygens (including phenoxy) is 3. The molecule has 13 heteroatoms. The van der Waals surface area contributed by atoms with Gasteiger partial charge in [0.15, 0.2) is 11.6 Å². The zero-order valence-electron chi connectivity index (χ0n) is 25.6. The average molecular weight is 608 g/mol. The van der Waals surface area contributed by atoms with Crippen molar-refractivity contribution in [2.24, 2.45) is 5.73 Å². The number of nitrogens with two attached hydrogens (primary N) is 1. The summed E-state index contributed by atoms with van der Waals surface area (Å²) in [5.41, 5.74) is 6.94. The molecule has 0 unspecified atom stereocenters. The minimum Gasteiger partial charge on any atom is -0.497 e. The fourth-order valence-electron chi connectivity index (χ4n) is 4.56. The van der Waals surface area contributed by atoms with E-state index < -0.39 is 35.5 Å². The van der Waals surface area contributed by atoms with E-state index in [2.05, 4.69) is 26.0 Å². The first-order chi connectivity index (χ1) is 20.9. The SMILES string of the molecule is COCCn1ncc2cc(Nc3nc(N[C@H](c4ccc(OC)cc4)[C@H](C)NC(=O)OC(C)(C)C)c(F)cc3C(N)=O)ccc21. The van der Waals surface area contributed by atoms with Gasteiger partial charge in [-0.25, -0.2) is 14.2 Å². The van der Waals surface area contributed by atoms with Crippen LogP contribution < -0.4 is 26.4 Å². The number of halogens is 1. The molecule has 0 aliphatic rings. The number of nitrogens with zero attached hydrogens (tertiary/aromatic N) is 3. The Hall–Kier alpha value is -4.91. The van der Waals surface area contributed by atoms with Gasteiger partial charge >= 0.3 is 6.09 Å². The lowest BCUT2D eigenvalue weighted by Gasteiger charge is -2.29. The fraction of sp³-hybridized carbons (Fsp3) is 0.355. The van der Waals surface area contributed by atoms with Crippen molar-refractivity contribution in [3.8, 4) is 5.75 Å². The van der Waals surface area contributed by atoms with Crippen molar-refractivity contribution < 1.29 is 28.2 Å². The summed E-state index contributed by atoms with van der Waals surface area (Å²) in [5.74, 6) is -1.14. The molecular weight excluding hydrogens is 569 g/mol. The van der Waals surface area contributed by atoms with Crippen molar-refractivity contribution in [3.05, 3.63) is 71.7 Å². The van der Waals surface area contributed by atoms with E-state index >= 15 is 4.39 Å². The van der Waals surface area contributed by atoms with Crippen LogP contribution in [-0.2, 0) is 16.0 Å². The molecule has 0 bridgehead atoms. The maximum Gasteiger partial charge on any atom is 0.407 e. The van der Waals surface area contributed by atoms with E-state index in [-0.39, 0.29) is 17.2 Å². The summed E-state index contributed by atoms with van der Waals surface area (Å²) in [6.07, 6.45) is 1.08. The van der Waals surface area contributed by atoms with Crippen molar-refractivity contribution in [1.82, 2.24) is 20.1 Å². The molecule has 2 atom stereocenters. The molecule has 4 rings (SSSR count). The van der Waals surface area contributed by atoms with Gasteiger partial charge in [-0.05, 0) is 69.7 Å². The van der Waals surface area contributed by atoms with Gasteiger partial charge in [0.25, 0.3) is 5.91 Å². The van der Waals surface area contributed by atoms with Crippen LogP contribution in [0.2, 0.25) is 0 Å². The predicted octanol–water partition coefficient (Wildman–Crippen LogP) is 5.13. The zero-order chi connectivity index (χ0) is 32.0. The van der Waals surface area contributed by atoms with Gasteiger partial charge in [0, 0.05) is 18.2 Å². The number of fused-ring (bicyclic) bond motifs is 1. The van der Waals surface area contributed by atoms with Crippen LogP contribution >= 0.6 is 0 Å². The van der Waals surface area contributed by atoms with Crippen LogP contribution in [0.4, 0.5) is 26.5 Å². The third-order valence-corrected chi connectivity index (χ3v) is 6.66. The van der Waals surface area contributed by atoms with E-state index in [4.69, 9.17) is 19.9 Å². The molecule has 2 aromatic carbocycles. The fourth-order valence-corrected chi connectivity index (χ4v) is 4.56. The van der Waals surface area contributed by atoms with Crippen LogP contribution in [0.25, 0.3) is 10.9 Å². The van der Waals surface area contributed by atoms with Gasteiger partial charge in [-0.2, -0.15) is 5.10 Å². The molecule has 2 amide bonds. The van der Waals surface area contributed by atoms with Gasteiger partial charge in [0.05, 0.1) is 49.6 Å². The van der Waals surface area contributed by atoms with Crippen LogP contribution in [-0.4, -0.2) is 59.2 Å². The highest BCUT2D eigenvalue weighted by molar-refractivity contribution is 5.99. The second kappa shape index (κ2) is 13.6. The van der Waals surface area contributed by atoms with Crippen molar-refractivity contribution in [2.45, 2.75) is 51.9 Å². The Morgan fingerprint density at radius 1 is 1.07 bits per heavy atom. The third-order valence-electron chi connectivity index (χ3n) is 6.66. The summed E-state index contributed by atoms with van der Waals surface area (Å²) in [6.45, 7) is 8.13. The smallest absolute Gasteiger partial charge is 0.407 e. The maximum absolute atomic E-state index is 15.5. The molecule has 2 heterocycles. The first kappa shape index (κ1) is 32.0. The average Bonchev–Trinajstić information content (AvgIpc) is 3.36. The standard InChI is InChI=1S/C31H38FN7O5/c1-18(35-30(41)44-31(2,3)4)26(19-7-10-22(43-6)11-8-19)37-29-24(32)16-23(27(33)40)28(38-29)36-21-9-12-25-20(15-21)17-34-39(25)13-14-42-5/h7-12,15-18,26H,13-14H2,1-6H3,(H2,33,40)(H,35,41)(H2,36,37,38)/t18-,26-/m0/s1. The Kier molecular flexibility index (Phi) is 9.89. The summed E-state index contributed by atoms with van der Waals surface area (Å²) < 4.78 is 33.1. The largest absolute Gasteiger partial charge is 0.497 e. The third kappa shape index (κ3) is 7.92. The van der Waals surface area contributed by atoms with Crippen LogP contribution in [0, 0.1) is 5.82 Å². The lowest BCUT2D eigenvalue weighted by Crippen LogP contribution is -2.42. The molecule has 0 spiro atoms. The molecule has 234 valence electrons. The molecule has 0 fully saturated rings. The van der Waals surface area contributed by atoms with Crippen molar-refractivity contribution >= 4 is 40.2 Å². The molecule has 12 nitrogen and oxygen atoms in total. The lowest BCUT2D eigenvalue weighted by atomic mass is 10.00. The number of hydrogen-bond acceptors (Lipinski definition) is 9. The van der Waals surface area contributed by atoms with E-state index in [9.17, 15) is 9.59 Å². The molecule has 0 aliphatic carbocycles. The number of methoxy groups -OCH3 is 2. The Morgan fingerprint density at radius 2 is 1.80 bits per heavy atom. The second-order valence-corrected chi connectivity index (χ2v) is 11.2. The predicted molar refractivity (Wildman–Crippen MR) is 166 cm³/mol. The first-order valence-corrected chi connectivity index (χ1v) is 14.0. The van der Waals surface area contributed by atoms with Crippen molar-refractivity contribution in [1.29, 1.82) is 0 Å². The van der Waals surface area contributed by atoms with E-state index in [1.165, 1.54) is 0 Å². The molecular formula is C31H38FN7O5. The highest BCUT2D eigenvalue weighted by Crippen LogP contribution is 2.30. The number of primary amides is 1. The molecule has 0 saturated carbocycles. The number of benzene rings is 2. The highest BCUT2D eigenvalue weighted by atomic mass is 19.1. The summed E-state index contributed by atoms with van der Waals surface area (Å²) >= 11 is 0. The lowest BCUT2D eigenvalue weighted by molar-refractivity contribution is 0.0503. The van der Waals surface area contributed by atoms with Gasteiger partial charge in [0.2, 0.25) is 0 Å². The number of nitrogens with one attached hydrogen (secondary N) is 3. The molecule has 5 N–H and O–H groups in total. The van der Waals surface area contributed by atoms with Crippen LogP contribution in [0.15, 0.2) is 54.7 Å². The number of rotatable bonds is 12. The number of carbonyl (C=O) groups is 2. The van der Waals surface area contributed by atoms with Crippen LogP contribution in [0.5, 0.6) is 5.75 Å². The minimum atomic E-state index is -0.856. The topological polar surface area (TPSA) is 155 Å². The molecule has 4 aromatic rings. The summed E-state index contributed by atoms with van der Waals surface area (Å²) in [7, 11) is 3.18. The molecule has 0 aliphatic heterocycles. The van der Waals surface area contributed by atoms with Crippen LogP contribution in [0.1, 0.15) is 49.7 Å². The van der Waals surface area contributed by atoms with E-state index in [0.717, 1.165) is 17.0 Å².